The minimum atomic E-state index is 0.0950. The summed E-state index contributed by atoms with van der Waals surface area (Å²) in [7, 11) is 0. The second-order valence-electron chi connectivity index (χ2n) is 7.24. The molecule has 1 amide bonds. The Kier molecular flexibility index (Phi) is 4.89. The molecule has 3 aromatic heterocycles. The topological polar surface area (TPSA) is 51.0 Å². The molecule has 4 aromatic rings. The molecule has 5 rings (SSSR count). The summed E-state index contributed by atoms with van der Waals surface area (Å²) in [4.78, 5) is 21.4. The van der Waals surface area contributed by atoms with Crippen LogP contribution in [0.3, 0.4) is 0 Å². The maximum atomic E-state index is 13.3. The number of para-hydroxylation sites is 1. The van der Waals surface area contributed by atoms with E-state index in [0.717, 1.165) is 57.4 Å². The van der Waals surface area contributed by atoms with Crippen molar-refractivity contribution in [3.8, 4) is 5.69 Å². The molecule has 1 aromatic carbocycles. The fourth-order valence-electron chi connectivity index (χ4n) is 3.89. The summed E-state index contributed by atoms with van der Waals surface area (Å²) in [5, 5.41) is 9.43. The van der Waals surface area contributed by atoms with Gasteiger partial charge in [0.05, 0.1) is 26.3 Å². The fraction of sp³-hybridized carbons (Fsp3) is 0.286. The highest BCUT2D eigenvalue weighted by molar-refractivity contribution is 7.20. The molecule has 0 aliphatic carbocycles. The molecule has 1 fully saturated rings. The number of aryl methyl sites for hydroxylation is 1. The number of nitrogens with zero attached hydrogens (tertiary/aromatic N) is 4. The first-order valence-electron chi connectivity index (χ1n) is 9.54. The molecule has 0 radical (unpaired) electrons. The zero-order valence-electron chi connectivity index (χ0n) is 15.8. The van der Waals surface area contributed by atoms with Crippen LogP contribution >= 0.6 is 34.3 Å². The number of aromatic nitrogens is 3. The molecule has 29 heavy (non-hydrogen) atoms. The van der Waals surface area contributed by atoms with Crippen LogP contribution in [0.2, 0.25) is 5.02 Å². The average Bonchev–Trinajstić information content (AvgIpc) is 3.47. The van der Waals surface area contributed by atoms with Crippen molar-refractivity contribution in [1.29, 1.82) is 0 Å². The first-order chi connectivity index (χ1) is 14.1. The van der Waals surface area contributed by atoms with Gasteiger partial charge < -0.3 is 4.90 Å². The molecule has 0 bridgehead atoms. The second kappa shape index (κ2) is 7.55. The van der Waals surface area contributed by atoms with Gasteiger partial charge in [0.25, 0.3) is 5.91 Å². The van der Waals surface area contributed by atoms with Crippen molar-refractivity contribution in [1.82, 2.24) is 19.7 Å². The van der Waals surface area contributed by atoms with Crippen LogP contribution in [0.15, 0.2) is 41.9 Å². The monoisotopic (exact) mass is 442 g/mol. The Labute approximate surface area is 181 Å². The molecular formula is C21H19ClN4OS2. The molecule has 1 unspecified atom stereocenters. The highest BCUT2D eigenvalue weighted by atomic mass is 35.5. The molecule has 0 N–H and O–H groups in total. The van der Waals surface area contributed by atoms with Crippen LogP contribution in [0, 0.1) is 6.92 Å². The van der Waals surface area contributed by atoms with Crippen LogP contribution in [0.4, 0.5) is 0 Å². The minimum Gasteiger partial charge on any atom is -0.337 e. The number of amides is 1. The van der Waals surface area contributed by atoms with Crippen molar-refractivity contribution in [2.75, 3.05) is 13.1 Å². The number of carbonyl (C=O) groups excluding carboxylic acids is 1. The summed E-state index contributed by atoms with van der Waals surface area (Å²) in [5.41, 5.74) is 1.73. The van der Waals surface area contributed by atoms with Crippen LogP contribution in [0.5, 0.6) is 0 Å². The summed E-state index contributed by atoms with van der Waals surface area (Å²) in [6.45, 7) is 3.50. The number of likely N-dealkylation sites (tertiary alicyclic amines) is 1. The number of rotatable bonds is 3. The van der Waals surface area contributed by atoms with Gasteiger partial charge in [0.15, 0.2) is 0 Å². The minimum absolute atomic E-state index is 0.0950. The number of piperidine rings is 1. The van der Waals surface area contributed by atoms with Gasteiger partial charge in [-0.25, -0.2) is 9.67 Å². The zero-order chi connectivity index (χ0) is 20.0. The van der Waals surface area contributed by atoms with Gasteiger partial charge in [-0.2, -0.15) is 5.10 Å². The van der Waals surface area contributed by atoms with E-state index in [2.05, 4.69) is 10.1 Å². The molecule has 4 heterocycles. The van der Waals surface area contributed by atoms with Gasteiger partial charge in [-0.3, -0.25) is 4.79 Å². The summed E-state index contributed by atoms with van der Waals surface area (Å²) < 4.78 is 1.85. The van der Waals surface area contributed by atoms with Gasteiger partial charge in [-0.1, -0.05) is 23.7 Å². The van der Waals surface area contributed by atoms with E-state index in [-0.39, 0.29) is 5.91 Å². The van der Waals surface area contributed by atoms with E-state index in [4.69, 9.17) is 11.6 Å². The van der Waals surface area contributed by atoms with Crippen molar-refractivity contribution >= 4 is 50.4 Å². The molecule has 8 heteroatoms. The van der Waals surface area contributed by atoms with Crippen molar-refractivity contribution in [3.63, 3.8) is 0 Å². The molecule has 0 saturated carbocycles. The molecular weight excluding hydrogens is 424 g/mol. The Balaban J connectivity index is 1.47. The van der Waals surface area contributed by atoms with E-state index >= 15 is 0 Å². The molecule has 1 saturated heterocycles. The van der Waals surface area contributed by atoms with E-state index in [1.54, 1.807) is 11.3 Å². The smallest absolute Gasteiger partial charge is 0.264 e. The molecule has 148 valence electrons. The van der Waals surface area contributed by atoms with Crippen LogP contribution < -0.4 is 0 Å². The fourth-order valence-corrected chi connectivity index (χ4v) is 6.02. The summed E-state index contributed by atoms with van der Waals surface area (Å²) in [6, 6.07) is 9.61. The molecule has 1 aliphatic rings. The van der Waals surface area contributed by atoms with Crippen LogP contribution in [-0.2, 0) is 0 Å². The van der Waals surface area contributed by atoms with Gasteiger partial charge in [0.2, 0.25) is 0 Å². The van der Waals surface area contributed by atoms with E-state index in [9.17, 15) is 4.79 Å². The number of carbonyl (C=O) groups is 1. The van der Waals surface area contributed by atoms with Crippen molar-refractivity contribution in [3.05, 3.63) is 62.5 Å². The maximum absolute atomic E-state index is 13.3. The van der Waals surface area contributed by atoms with Crippen LogP contribution in [0.1, 0.15) is 39.1 Å². The van der Waals surface area contributed by atoms with Crippen molar-refractivity contribution in [2.45, 2.75) is 25.7 Å². The van der Waals surface area contributed by atoms with E-state index < -0.39 is 0 Å². The first-order valence-corrected chi connectivity index (χ1v) is 11.6. The van der Waals surface area contributed by atoms with Crippen LogP contribution in [0.25, 0.3) is 15.9 Å². The van der Waals surface area contributed by atoms with Gasteiger partial charge >= 0.3 is 0 Å². The molecule has 0 spiro atoms. The lowest BCUT2D eigenvalue weighted by Crippen LogP contribution is -2.38. The Morgan fingerprint density at radius 2 is 2.17 bits per heavy atom. The maximum Gasteiger partial charge on any atom is 0.264 e. The first kappa shape index (κ1) is 18.8. The summed E-state index contributed by atoms with van der Waals surface area (Å²) in [6.07, 6.45) is 3.94. The normalized spacial score (nSPS) is 17.2. The lowest BCUT2D eigenvalue weighted by Gasteiger charge is -2.31. The summed E-state index contributed by atoms with van der Waals surface area (Å²) >= 11 is 9.55. The summed E-state index contributed by atoms with van der Waals surface area (Å²) in [5.74, 6) is 0.431. The van der Waals surface area contributed by atoms with Gasteiger partial charge in [0.1, 0.15) is 4.83 Å². The largest absolute Gasteiger partial charge is 0.337 e. The standard InChI is InChI=1S/C21H19ClN4OS2/c1-13-15-11-18(29-21(15)26(24-13)17-7-3-2-6-16(17)22)20(27)25-9-4-5-14(12-25)19-23-8-10-28-19/h2-3,6-8,10-11,14H,4-5,9,12H2,1H3. The number of hydrogen-bond acceptors (Lipinski definition) is 5. The van der Waals surface area contributed by atoms with Gasteiger partial charge in [-0.15, -0.1) is 22.7 Å². The lowest BCUT2D eigenvalue weighted by molar-refractivity contribution is 0.0712. The van der Waals surface area contributed by atoms with Crippen molar-refractivity contribution < 1.29 is 4.79 Å². The quantitative estimate of drug-likeness (QED) is 0.419. The molecule has 1 aliphatic heterocycles. The second-order valence-corrected chi connectivity index (χ2v) is 9.60. The van der Waals surface area contributed by atoms with Gasteiger partial charge in [0, 0.05) is 36.0 Å². The van der Waals surface area contributed by atoms with Crippen LogP contribution in [-0.4, -0.2) is 38.7 Å². The SMILES string of the molecule is Cc1nn(-c2ccccc2Cl)c2sc(C(=O)N3CCCC(c4nccs4)C3)cc12. The van der Waals surface area contributed by atoms with E-state index in [0.29, 0.717) is 10.9 Å². The third-order valence-corrected chi connectivity index (χ3v) is 7.70. The highest BCUT2D eigenvalue weighted by Crippen LogP contribution is 2.34. The average molecular weight is 443 g/mol. The third kappa shape index (κ3) is 3.37. The van der Waals surface area contributed by atoms with Gasteiger partial charge in [-0.05, 0) is 38.0 Å². The van der Waals surface area contributed by atoms with E-state index in [1.807, 2.05) is 58.4 Å². The number of benzene rings is 1. The highest BCUT2D eigenvalue weighted by Gasteiger charge is 2.28. The molecule has 5 nitrogen and oxygen atoms in total. The Bertz CT molecular complexity index is 1180. The third-order valence-electron chi connectivity index (χ3n) is 5.35. The molecule has 1 atom stereocenters. The predicted molar refractivity (Wildman–Crippen MR) is 119 cm³/mol. The van der Waals surface area contributed by atoms with Crippen molar-refractivity contribution in [2.24, 2.45) is 0 Å². The number of hydrogen-bond donors (Lipinski definition) is 0. The Morgan fingerprint density at radius 1 is 1.31 bits per heavy atom. The zero-order valence-corrected chi connectivity index (χ0v) is 18.2. The number of halogens is 1. The number of thiophene rings is 1. The van der Waals surface area contributed by atoms with E-state index in [1.165, 1.54) is 11.3 Å². The number of fused-ring (bicyclic) bond motifs is 1. The Morgan fingerprint density at radius 3 is 2.97 bits per heavy atom. The Hall–Kier alpha value is -2.22. The number of thiazole rings is 1. The predicted octanol–water partition coefficient (Wildman–Crippen LogP) is 5.53. The lowest BCUT2D eigenvalue weighted by atomic mass is 9.98.